The second-order valence-electron chi connectivity index (χ2n) is 0.663. The van der Waals surface area contributed by atoms with E-state index >= 15 is 0 Å². The van der Waals surface area contributed by atoms with Gasteiger partial charge >= 0.3 is 39.1 Å². The standard InChI is InChI=1S/C2H5O2.V/c3-1-2-4;/h1,3-4H,2H2;. The number of hydrogen-bond donors (Lipinski definition) is 2. The van der Waals surface area contributed by atoms with Crippen molar-refractivity contribution in [3.05, 3.63) is 0 Å². The van der Waals surface area contributed by atoms with Crippen LogP contribution in [0.4, 0.5) is 0 Å². The van der Waals surface area contributed by atoms with Crippen molar-refractivity contribution in [3.8, 4) is 0 Å². The van der Waals surface area contributed by atoms with Crippen molar-refractivity contribution in [1.29, 1.82) is 0 Å². The first-order valence-electron chi connectivity index (χ1n) is 1.24. The van der Waals surface area contributed by atoms with Gasteiger partial charge in [0.2, 0.25) is 0 Å². The number of rotatable bonds is 1. The minimum absolute atomic E-state index is 0.167. The monoisotopic (exact) mass is 112 g/mol. The molecule has 0 fully saturated rings. The summed E-state index contributed by atoms with van der Waals surface area (Å²) in [4.78, 5) is -0.623. The summed E-state index contributed by atoms with van der Waals surface area (Å²) in [7, 11) is 0. The molecule has 0 saturated carbocycles. The van der Waals surface area contributed by atoms with Crippen LogP contribution < -0.4 is 0 Å². The number of hydrogen-bond acceptors (Lipinski definition) is 2. The Hall–Kier alpha value is 0.504. The Morgan fingerprint density at radius 3 is 2.00 bits per heavy atom. The molecule has 0 radical (unpaired) electrons. The van der Waals surface area contributed by atoms with Gasteiger partial charge in [-0.15, -0.1) is 0 Å². The fraction of sp³-hybridized carbons (Fsp3) is 1.00. The van der Waals surface area contributed by atoms with Crippen LogP contribution in [0.5, 0.6) is 0 Å². The normalized spacial score (nSPS) is 14.8. The Morgan fingerprint density at radius 2 is 2.00 bits per heavy atom. The average Bonchev–Trinajstić information content (AvgIpc) is 1.38. The van der Waals surface area contributed by atoms with E-state index in [1.165, 1.54) is 0 Å². The summed E-state index contributed by atoms with van der Waals surface area (Å²) in [6.45, 7) is -0.167. The van der Waals surface area contributed by atoms with Crippen LogP contribution in [0.25, 0.3) is 0 Å². The topological polar surface area (TPSA) is 40.5 Å². The molecule has 0 spiro atoms. The maximum atomic E-state index is 8.08. The Morgan fingerprint density at radius 1 is 1.80 bits per heavy atom. The second-order valence-corrected chi connectivity index (χ2v) is 1.59. The van der Waals surface area contributed by atoms with Crippen molar-refractivity contribution in [1.82, 2.24) is 0 Å². The van der Waals surface area contributed by atoms with Crippen LogP contribution in [0.2, 0.25) is 0 Å². The zero-order valence-electron chi connectivity index (χ0n) is 2.63. The first-order chi connectivity index (χ1) is 2.27. The van der Waals surface area contributed by atoms with Crippen LogP contribution in [0.3, 0.4) is 0 Å². The summed E-state index contributed by atoms with van der Waals surface area (Å²) in [5.74, 6) is 0. The number of aliphatic hydroxyl groups is 2. The second kappa shape index (κ2) is 2.73. The summed E-state index contributed by atoms with van der Waals surface area (Å²) in [6, 6.07) is 0. The molecule has 0 aromatic heterocycles. The van der Waals surface area contributed by atoms with E-state index in [0.29, 0.717) is 0 Å². The maximum absolute atomic E-state index is 8.08. The van der Waals surface area contributed by atoms with Gasteiger partial charge in [-0.3, -0.25) is 0 Å². The zero-order valence-corrected chi connectivity index (χ0v) is 4.02. The quantitative estimate of drug-likeness (QED) is 0.449. The molecule has 0 aliphatic heterocycles. The van der Waals surface area contributed by atoms with E-state index in [1.807, 2.05) is 17.4 Å². The van der Waals surface area contributed by atoms with Gasteiger partial charge in [0, 0.05) is 0 Å². The molecule has 0 saturated heterocycles. The molecule has 2 N–H and O–H groups in total. The van der Waals surface area contributed by atoms with E-state index in [0.717, 1.165) is 0 Å². The molecule has 1 unspecified atom stereocenters. The van der Waals surface area contributed by atoms with E-state index in [9.17, 15) is 0 Å². The molecule has 0 aliphatic carbocycles. The summed E-state index contributed by atoms with van der Waals surface area (Å²) in [5, 5.41) is 16.0. The average molecular weight is 112 g/mol. The zero-order chi connectivity index (χ0) is 4.28. The third-order valence-corrected chi connectivity index (χ3v) is 0.418. The molecular formula is C2H5O2V. The Bertz CT molecular complexity index is 21.6. The van der Waals surface area contributed by atoms with Crippen LogP contribution >= 0.6 is 0 Å². The molecule has 3 heteroatoms. The van der Waals surface area contributed by atoms with E-state index in [4.69, 9.17) is 10.2 Å². The van der Waals surface area contributed by atoms with Gasteiger partial charge in [-0.2, -0.15) is 0 Å². The van der Waals surface area contributed by atoms with E-state index in [2.05, 4.69) is 0 Å². The molecule has 0 heterocycles. The first kappa shape index (κ1) is 5.50. The SMILES string of the molecule is OC[CH](O)[V]. The van der Waals surface area contributed by atoms with Crippen molar-refractivity contribution in [3.63, 3.8) is 0 Å². The van der Waals surface area contributed by atoms with Gasteiger partial charge in [-0.05, 0) is 0 Å². The van der Waals surface area contributed by atoms with Gasteiger partial charge in [0.1, 0.15) is 0 Å². The third-order valence-electron chi connectivity index (χ3n) is 0.163. The predicted octanol–water partition coefficient (Wildman–Crippen LogP) is -1.16. The van der Waals surface area contributed by atoms with Gasteiger partial charge in [-0.1, -0.05) is 0 Å². The third kappa shape index (κ3) is 4.50. The number of aliphatic hydroxyl groups excluding tert-OH is 2. The van der Waals surface area contributed by atoms with Crippen LogP contribution in [0.1, 0.15) is 0 Å². The van der Waals surface area contributed by atoms with E-state index in [1.54, 1.807) is 0 Å². The Labute approximate surface area is 39.8 Å². The fourth-order valence-electron chi connectivity index (χ4n) is 0. The van der Waals surface area contributed by atoms with Crippen LogP contribution in [0, 0.1) is 0 Å². The molecule has 1 atom stereocenters. The summed E-state index contributed by atoms with van der Waals surface area (Å²) >= 11 is 1.91. The van der Waals surface area contributed by atoms with Crippen LogP contribution in [-0.2, 0) is 17.4 Å². The van der Waals surface area contributed by atoms with Gasteiger partial charge in [0.25, 0.3) is 0 Å². The first-order valence-corrected chi connectivity index (χ1v) is 2.05. The van der Waals surface area contributed by atoms with Crippen LogP contribution in [-0.4, -0.2) is 21.6 Å². The summed E-state index contributed by atoms with van der Waals surface area (Å²) < 4.78 is 0. The van der Waals surface area contributed by atoms with Crippen molar-refractivity contribution in [2.24, 2.45) is 0 Å². The molecule has 0 bridgehead atoms. The van der Waals surface area contributed by atoms with Crippen LogP contribution in [0.15, 0.2) is 0 Å². The molecule has 30 valence electrons. The van der Waals surface area contributed by atoms with Gasteiger partial charge in [-0.25, -0.2) is 0 Å². The van der Waals surface area contributed by atoms with Crippen molar-refractivity contribution in [2.45, 2.75) is 4.82 Å². The van der Waals surface area contributed by atoms with Crippen molar-refractivity contribution in [2.75, 3.05) is 6.61 Å². The Kier molecular flexibility index (Phi) is 3.00. The Balaban J connectivity index is 2.54. The fourth-order valence-corrected chi connectivity index (χ4v) is 0. The van der Waals surface area contributed by atoms with Crippen molar-refractivity contribution < 1.29 is 27.6 Å². The summed E-state index contributed by atoms with van der Waals surface area (Å²) in [6.07, 6.45) is 0. The summed E-state index contributed by atoms with van der Waals surface area (Å²) in [5.41, 5.74) is 0. The predicted molar refractivity (Wildman–Crippen MR) is 13.1 cm³/mol. The molecule has 0 amide bonds. The molecule has 0 aromatic rings. The van der Waals surface area contributed by atoms with Gasteiger partial charge < -0.3 is 0 Å². The van der Waals surface area contributed by atoms with Crippen molar-refractivity contribution >= 4 is 0 Å². The molecular weight excluding hydrogens is 107 g/mol. The molecule has 0 aliphatic rings. The molecule has 0 rings (SSSR count). The molecule has 2 nitrogen and oxygen atoms in total. The van der Waals surface area contributed by atoms with E-state index in [-0.39, 0.29) is 6.61 Å². The molecule has 5 heavy (non-hydrogen) atoms. The van der Waals surface area contributed by atoms with E-state index < -0.39 is 4.82 Å². The van der Waals surface area contributed by atoms with Gasteiger partial charge in [0.15, 0.2) is 0 Å². The molecule has 0 aromatic carbocycles. The minimum atomic E-state index is -0.623. The van der Waals surface area contributed by atoms with Gasteiger partial charge in [0.05, 0.1) is 0 Å².